The predicted molar refractivity (Wildman–Crippen MR) is 87.0 cm³/mol. The zero-order chi connectivity index (χ0) is 16.0. The van der Waals surface area contributed by atoms with E-state index in [1.54, 1.807) is 10.4 Å². The Morgan fingerprint density at radius 3 is 2.83 bits per heavy atom. The number of ether oxygens (including phenoxy) is 1. The second-order valence-electron chi connectivity index (χ2n) is 5.89. The zero-order valence-corrected chi connectivity index (χ0v) is 13.5. The molecule has 2 heterocycles. The lowest BCUT2D eigenvalue weighted by Crippen LogP contribution is -2.31. The van der Waals surface area contributed by atoms with E-state index < -0.39 is 5.92 Å². The molecule has 0 bridgehead atoms. The molecule has 0 unspecified atom stereocenters. The Hall–Kier alpha value is -2.21. The number of nitrogens with zero attached hydrogens (tertiary/aromatic N) is 2. The average Bonchev–Trinajstić information content (AvgIpc) is 3.18. The van der Waals surface area contributed by atoms with Crippen molar-refractivity contribution in [1.29, 1.82) is 0 Å². The Morgan fingerprint density at radius 1 is 1.30 bits per heavy atom. The highest BCUT2D eigenvalue weighted by Gasteiger charge is 2.39. The van der Waals surface area contributed by atoms with Gasteiger partial charge in [-0.25, -0.2) is 4.98 Å². The highest BCUT2D eigenvalue weighted by atomic mass is 32.1. The van der Waals surface area contributed by atoms with E-state index in [0.29, 0.717) is 17.3 Å². The third kappa shape index (κ3) is 2.34. The van der Waals surface area contributed by atoms with Gasteiger partial charge in [-0.15, -0.1) is 11.3 Å². The maximum absolute atomic E-state index is 13.0. The molecule has 0 spiro atoms. The summed E-state index contributed by atoms with van der Waals surface area (Å²) in [6, 6.07) is 7.53. The molecule has 4 rings (SSSR count). The number of hydrogen-bond donors (Lipinski definition) is 0. The molecule has 1 aliphatic heterocycles. The number of amides is 1. The summed E-state index contributed by atoms with van der Waals surface area (Å²) in [5.74, 6) is -0.361. The summed E-state index contributed by atoms with van der Waals surface area (Å²) < 4.78 is 4.90. The molecule has 118 valence electrons. The lowest BCUT2D eigenvalue weighted by Gasteiger charge is -2.17. The van der Waals surface area contributed by atoms with E-state index in [1.807, 2.05) is 24.3 Å². The molecule has 0 saturated heterocycles. The fourth-order valence-electron chi connectivity index (χ4n) is 3.13. The Labute approximate surface area is 137 Å². The van der Waals surface area contributed by atoms with E-state index in [0.717, 1.165) is 29.8 Å². The molecule has 0 radical (unpaired) electrons. The van der Waals surface area contributed by atoms with Crippen LogP contribution in [0.3, 0.4) is 0 Å². The van der Waals surface area contributed by atoms with Crippen molar-refractivity contribution in [3.8, 4) is 0 Å². The second kappa shape index (κ2) is 5.45. The number of esters is 1. The van der Waals surface area contributed by atoms with E-state index in [9.17, 15) is 9.59 Å². The minimum atomic E-state index is -0.419. The van der Waals surface area contributed by atoms with Crippen molar-refractivity contribution in [3.05, 3.63) is 45.9 Å². The first-order valence-corrected chi connectivity index (χ1v) is 8.50. The van der Waals surface area contributed by atoms with E-state index in [4.69, 9.17) is 4.74 Å². The molecule has 1 amide bonds. The van der Waals surface area contributed by atoms with E-state index >= 15 is 0 Å². The van der Waals surface area contributed by atoms with Crippen LogP contribution in [0.5, 0.6) is 0 Å². The summed E-state index contributed by atoms with van der Waals surface area (Å²) in [5, 5.41) is 0. The van der Waals surface area contributed by atoms with Gasteiger partial charge >= 0.3 is 5.97 Å². The van der Waals surface area contributed by atoms with Crippen molar-refractivity contribution in [3.63, 3.8) is 0 Å². The van der Waals surface area contributed by atoms with Crippen LogP contribution in [-0.2, 0) is 9.53 Å². The van der Waals surface area contributed by atoms with Gasteiger partial charge in [-0.2, -0.15) is 0 Å². The number of para-hydroxylation sites is 1. The Balaban J connectivity index is 1.70. The van der Waals surface area contributed by atoms with Crippen LogP contribution in [0.25, 0.3) is 0 Å². The van der Waals surface area contributed by atoms with Gasteiger partial charge in [0.25, 0.3) is 5.91 Å². The van der Waals surface area contributed by atoms with Crippen molar-refractivity contribution in [1.82, 2.24) is 4.98 Å². The number of carbonyl (C=O) groups excluding carboxylic acids is 2. The van der Waals surface area contributed by atoms with Gasteiger partial charge in [0.1, 0.15) is 10.8 Å². The van der Waals surface area contributed by atoms with Gasteiger partial charge in [-0.05, 0) is 24.5 Å². The molecule has 1 atom stereocenters. The number of anilines is 1. The molecule has 23 heavy (non-hydrogen) atoms. The number of rotatable bonds is 3. The number of aromatic nitrogens is 1. The van der Waals surface area contributed by atoms with Crippen LogP contribution in [0, 0.1) is 0 Å². The highest BCUT2D eigenvalue weighted by Crippen LogP contribution is 2.43. The van der Waals surface area contributed by atoms with Crippen molar-refractivity contribution in [2.45, 2.75) is 24.7 Å². The molecular weight excluding hydrogens is 312 g/mol. The summed E-state index contributed by atoms with van der Waals surface area (Å²) in [6.45, 7) is 0.326. The minimum absolute atomic E-state index is 0.0618. The van der Waals surface area contributed by atoms with Gasteiger partial charge in [0, 0.05) is 18.2 Å². The SMILES string of the molecule is COC(=O)[C@H]1CN(C(=O)c2scnc2C2CC2)c2ccccc21. The molecular formula is C17H16N2O3S. The van der Waals surface area contributed by atoms with Crippen molar-refractivity contribution >= 4 is 28.9 Å². The molecule has 1 fully saturated rings. The molecule has 6 heteroatoms. The third-order valence-electron chi connectivity index (χ3n) is 4.45. The lowest BCUT2D eigenvalue weighted by molar-refractivity contribution is -0.141. The fraction of sp³-hybridized carbons (Fsp3) is 0.353. The number of thiazole rings is 1. The number of methoxy groups -OCH3 is 1. The smallest absolute Gasteiger partial charge is 0.315 e. The number of fused-ring (bicyclic) bond motifs is 1. The topological polar surface area (TPSA) is 59.5 Å². The van der Waals surface area contributed by atoms with Crippen LogP contribution in [0.4, 0.5) is 5.69 Å². The molecule has 5 nitrogen and oxygen atoms in total. The van der Waals surface area contributed by atoms with Crippen LogP contribution < -0.4 is 4.90 Å². The first kappa shape index (κ1) is 14.4. The van der Waals surface area contributed by atoms with Crippen molar-refractivity contribution in [2.75, 3.05) is 18.6 Å². The van der Waals surface area contributed by atoms with Gasteiger partial charge in [-0.3, -0.25) is 9.59 Å². The molecule has 1 aliphatic carbocycles. The number of hydrogen-bond acceptors (Lipinski definition) is 5. The van der Waals surface area contributed by atoms with Gasteiger partial charge in [-0.1, -0.05) is 18.2 Å². The summed E-state index contributed by atoms with van der Waals surface area (Å²) >= 11 is 1.38. The van der Waals surface area contributed by atoms with Crippen LogP contribution >= 0.6 is 11.3 Å². The first-order chi connectivity index (χ1) is 11.2. The summed E-state index contributed by atoms with van der Waals surface area (Å²) in [7, 11) is 1.38. The van der Waals surface area contributed by atoms with E-state index in [2.05, 4.69) is 4.98 Å². The molecule has 2 aliphatic rings. The Bertz CT molecular complexity index is 782. The lowest BCUT2D eigenvalue weighted by atomic mass is 10.0. The normalized spacial score (nSPS) is 19.5. The highest BCUT2D eigenvalue weighted by molar-refractivity contribution is 7.12. The number of benzene rings is 1. The monoisotopic (exact) mass is 328 g/mol. The Morgan fingerprint density at radius 2 is 2.09 bits per heavy atom. The molecule has 2 aromatic rings. The molecule has 1 aromatic heterocycles. The Kier molecular flexibility index (Phi) is 3.41. The van der Waals surface area contributed by atoms with Gasteiger partial charge in [0.05, 0.1) is 18.3 Å². The fourth-order valence-corrected chi connectivity index (χ4v) is 3.95. The largest absolute Gasteiger partial charge is 0.468 e. The van der Waals surface area contributed by atoms with Crippen molar-refractivity contribution < 1.29 is 14.3 Å². The molecule has 1 aromatic carbocycles. The summed E-state index contributed by atoms with van der Waals surface area (Å²) in [4.78, 5) is 31.8. The van der Waals surface area contributed by atoms with Gasteiger partial charge in [0.2, 0.25) is 0 Å². The minimum Gasteiger partial charge on any atom is -0.468 e. The van der Waals surface area contributed by atoms with E-state index in [1.165, 1.54) is 18.4 Å². The quantitative estimate of drug-likeness (QED) is 0.813. The standard InChI is InChI=1S/C17H16N2O3S/c1-22-17(21)12-8-19(13-5-3-2-4-11(12)13)16(20)15-14(10-6-7-10)18-9-23-15/h2-5,9-10,12H,6-8H2,1H3/t12-/m0/s1. The van der Waals surface area contributed by atoms with Crippen LogP contribution in [0.1, 0.15) is 45.6 Å². The van der Waals surface area contributed by atoms with Gasteiger partial charge < -0.3 is 9.64 Å². The average molecular weight is 328 g/mol. The van der Waals surface area contributed by atoms with E-state index in [-0.39, 0.29) is 11.9 Å². The first-order valence-electron chi connectivity index (χ1n) is 7.62. The maximum Gasteiger partial charge on any atom is 0.315 e. The summed E-state index contributed by atoms with van der Waals surface area (Å²) in [5.41, 5.74) is 4.30. The van der Waals surface area contributed by atoms with Crippen molar-refractivity contribution in [2.24, 2.45) is 0 Å². The zero-order valence-electron chi connectivity index (χ0n) is 12.7. The van der Waals surface area contributed by atoms with Gasteiger partial charge in [0.15, 0.2) is 0 Å². The predicted octanol–water partition coefficient (Wildman–Crippen LogP) is 2.94. The van der Waals surface area contributed by atoms with Crippen LogP contribution in [0.2, 0.25) is 0 Å². The molecule has 1 saturated carbocycles. The summed E-state index contributed by atoms with van der Waals surface area (Å²) in [6.07, 6.45) is 2.21. The van der Waals surface area contributed by atoms with Crippen LogP contribution in [-0.4, -0.2) is 30.5 Å². The number of carbonyl (C=O) groups is 2. The third-order valence-corrected chi connectivity index (χ3v) is 5.28. The van der Waals surface area contributed by atoms with Crippen LogP contribution in [0.15, 0.2) is 29.8 Å². The molecule has 0 N–H and O–H groups in total. The second-order valence-corrected chi connectivity index (χ2v) is 6.75. The maximum atomic E-state index is 13.0.